The van der Waals surface area contributed by atoms with Crippen molar-refractivity contribution >= 4 is 12.0 Å². The number of carbonyl (C=O) groups excluding carboxylic acids is 1. The molecule has 0 aliphatic heterocycles. The molecule has 0 aliphatic rings. The van der Waals surface area contributed by atoms with E-state index in [1.54, 1.807) is 0 Å². The molecule has 8 heteroatoms. The third-order valence-electron chi connectivity index (χ3n) is 2.04. The molecule has 1 atom stereocenters. The second kappa shape index (κ2) is 6.31. The van der Waals surface area contributed by atoms with Crippen LogP contribution in [0.1, 0.15) is 20.3 Å². The second-order valence-electron chi connectivity index (χ2n) is 3.38. The van der Waals surface area contributed by atoms with Crippen LogP contribution in [0.4, 0.5) is 18.0 Å². The van der Waals surface area contributed by atoms with Crippen LogP contribution in [0, 0.1) is 0 Å². The summed E-state index contributed by atoms with van der Waals surface area (Å²) in [6.45, 7) is 1.35. The number of carboxylic acids is 1. The molecule has 2 amide bonds. The second-order valence-corrected chi connectivity index (χ2v) is 3.38. The predicted molar refractivity (Wildman–Crippen MR) is 53.5 cm³/mol. The number of urea groups is 1. The zero-order valence-electron chi connectivity index (χ0n) is 9.54. The van der Waals surface area contributed by atoms with Crippen molar-refractivity contribution in [1.29, 1.82) is 0 Å². The van der Waals surface area contributed by atoms with Gasteiger partial charge in [-0.3, -0.25) is 0 Å². The van der Waals surface area contributed by atoms with Gasteiger partial charge in [-0.05, 0) is 13.3 Å². The topological polar surface area (TPSA) is 69.6 Å². The minimum absolute atomic E-state index is 0.102. The van der Waals surface area contributed by atoms with Crippen LogP contribution < -0.4 is 5.32 Å². The van der Waals surface area contributed by atoms with Gasteiger partial charge < -0.3 is 15.3 Å². The fraction of sp³-hybridized carbons (Fsp3) is 0.778. The van der Waals surface area contributed by atoms with Gasteiger partial charge in [-0.15, -0.1) is 0 Å². The maximum atomic E-state index is 12.1. The molecule has 0 saturated heterocycles. The Hall–Kier alpha value is -1.47. The van der Waals surface area contributed by atoms with Gasteiger partial charge in [0.1, 0.15) is 12.6 Å². The molecular weight excluding hydrogens is 241 g/mol. The molecule has 0 aromatic heterocycles. The summed E-state index contributed by atoms with van der Waals surface area (Å²) < 4.78 is 36.3. The lowest BCUT2D eigenvalue weighted by molar-refractivity contribution is -0.140. The van der Waals surface area contributed by atoms with E-state index in [9.17, 15) is 22.8 Å². The van der Waals surface area contributed by atoms with E-state index >= 15 is 0 Å². The van der Waals surface area contributed by atoms with Crippen molar-refractivity contribution in [2.24, 2.45) is 0 Å². The van der Waals surface area contributed by atoms with Gasteiger partial charge in [0.2, 0.25) is 0 Å². The lowest BCUT2D eigenvalue weighted by Gasteiger charge is -2.24. The Morgan fingerprint density at radius 2 is 1.88 bits per heavy atom. The van der Waals surface area contributed by atoms with Crippen molar-refractivity contribution in [2.75, 3.05) is 13.1 Å². The van der Waals surface area contributed by atoms with Gasteiger partial charge in [-0.25, -0.2) is 9.59 Å². The highest BCUT2D eigenvalue weighted by Gasteiger charge is 2.33. The Morgan fingerprint density at radius 1 is 1.35 bits per heavy atom. The molecule has 0 heterocycles. The van der Waals surface area contributed by atoms with E-state index in [0.29, 0.717) is 4.90 Å². The van der Waals surface area contributed by atoms with Crippen molar-refractivity contribution in [3.05, 3.63) is 0 Å². The van der Waals surface area contributed by atoms with E-state index in [-0.39, 0.29) is 13.0 Å². The summed E-state index contributed by atoms with van der Waals surface area (Å²) in [7, 11) is 0. The standard InChI is InChI=1S/C9H15F3N2O3/c1-3-6(7(15)16)13-8(17)14(4-2)5-9(10,11)12/h6H,3-5H2,1-2H3,(H,13,17)(H,15,16)/t6-/m0/s1. The lowest BCUT2D eigenvalue weighted by atomic mass is 10.2. The number of alkyl halides is 3. The summed E-state index contributed by atoms with van der Waals surface area (Å²) >= 11 is 0. The van der Waals surface area contributed by atoms with Crippen molar-refractivity contribution in [3.8, 4) is 0 Å². The lowest BCUT2D eigenvalue weighted by Crippen LogP contribution is -2.50. The minimum atomic E-state index is -4.50. The smallest absolute Gasteiger partial charge is 0.406 e. The van der Waals surface area contributed by atoms with Gasteiger partial charge >= 0.3 is 18.2 Å². The first-order chi connectivity index (χ1) is 7.71. The number of carboxylic acid groups (broad SMARTS) is 1. The van der Waals surface area contributed by atoms with Crippen LogP contribution in [0.3, 0.4) is 0 Å². The average Bonchev–Trinajstić information content (AvgIpc) is 2.20. The Bertz CT molecular complexity index is 281. The third kappa shape index (κ3) is 5.98. The van der Waals surface area contributed by atoms with Crippen molar-refractivity contribution in [2.45, 2.75) is 32.5 Å². The molecule has 0 spiro atoms. The molecule has 0 saturated carbocycles. The monoisotopic (exact) mass is 256 g/mol. The normalized spacial score (nSPS) is 13.0. The number of aliphatic carboxylic acids is 1. The van der Waals surface area contributed by atoms with Crippen LogP contribution in [-0.2, 0) is 4.79 Å². The van der Waals surface area contributed by atoms with E-state index in [1.807, 2.05) is 5.32 Å². The summed E-state index contributed by atoms with van der Waals surface area (Å²) in [5, 5.41) is 10.7. The van der Waals surface area contributed by atoms with Crippen LogP contribution in [-0.4, -0.2) is 47.3 Å². The number of carbonyl (C=O) groups is 2. The fourth-order valence-corrected chi connectivity index (χ4v) is 1.12. The highest BCUT2D eigenvalue weighted by Crippen LogP contribution is 2.16. The number of amides is 2. The SMILES string of the molecule is CC[C@H](NC(=O)N(CC)CC(F)(F)F)C(=O)O. The molecule has 0 aromatic rings. The van der Waals surface area contributed by atoms with Crippen LogP contribution in [0.15, 0.2) is 0 Å². The minimum Gasteiger partial charge on any atom is -0.480 e. The molecule has 100 valence electrons. The Morgan fingerprint density at radius 3 is 2.18 bits per heavy atom. The first-order valence-electron chi connectivity index (χ1n) is 5.06. The highest BCUT2D eigenvalue weighted by molar-refractivity contribution is 5.82. The molecule has 0 aliphatic carbocycles. The van der Waals surface area contributed by atoms with Gasteiger partial charge in [0.05, 0.1) is 0 Å². The van der Waals surface area contributed by atoms with Crippen LogP contribution in [0.2, 0.25) is 0 Å². The highest BCUT2D eigenvalue weighted by atomic mass is 19.4. The molecule has 0 aromatic carbocycles. The summed E-state index contributed by atoms with van der Waals surface area (Å²) in [5.41, 5.74) is 0. The largest absolute Gasteiger partial charge is 0.480 e. The summed E-state index contributed by atoms with van der Waals surface area (Å²) in [6.07, 6.45) is -4.40. The first kappa shape index (κ1) is 15.5. The quantitative estimate of drug-likeness (QED) is 0.782. The molecule has 5 nitrogen and oxygen atoms in total. The molecular formula is C9H15F3N2O3. The zero-order valence-corrected chi connectivity index (χ0v) is 9.54. The number of hydrogen-bond donors (Lipinski definition) is 2. The summed E-state index contributed by atoms with van der Waals surface area (Å²) in [5.74, 6) is -1.27. The Balaban J connectivity index is 4.50. The maximum absolute atomic E-state index is 12.1. The zero-order chi connectivity index (χ0) is 13.6. The number of hydrogen-bond acceptors (Lipinski definition) is 2. The summed E-state index contributed by atoms with van der Waals surface area (Å²) in [4.78, 5) is 22.5. The summed E-state index contributed by atoms with van der Waals surface area (Å²) in [6, 6.07) is -2.20. The van der Waals surface area contributed by atoms with Crippen LogP contribution in [0.5, 0.6) is 0 Å². The van der Waals surface area contributed by atoms with Gasteiger partial charge in [0, 0.05) is 6.54 Å². The van der Waals surface area contributed by atoms with Gasteiger partial charge in [-0.2, -0.15) is 13.2 Å². The van der Waals surface area contributed by atoms with Crippen LogP contribution >= 0.6 is 0 Å². The third-order valence-corrected chi connectivity index (χ3v) is 2.04. The number of nitrogens with one attached hydrogen (secondary N) is 1. The number of halogens is 3. The molecule has 0 bridgehead atoms. The van der Waals surface area contributed by atoms with E-state index in [2.05, 4.69) is 0 Å². The molecule has 0 fully saturated rings. The molecule has 0 unspecified atom stereocenters. The maximum Gasteiger partial charge on any atom is 0.406 e. The van der Waals surface area contributed by atoms with Gasteiger partial charge in [0.15, 0.2) is 0 Å². The molecule has 17 heavy (non-hydrogen) atoms. The molecule has 0 rings (SSSR count). The molecule has 0 radical (unpaired) electrons. The van der Waals surface area contributed by atoms with Crippen molar-refractivity contribution in [1.82, 2.24) is 10.2 Å². The van der Waals surface area contributed by atoms with E-state index in [1.165, 1.54) is 13.8 Å². The van der Waals surface area contributed by atoms with Gasteiger partial charge in [-0.1, -0.05) is 6.92 Å². The predicted octanol–water partition coefficient (Wildman–Crippen LogP) is 1.44. The van der Waals surface area contributed by atoms with Crippen molar-refractivity contribution in [3.63, 3.8) is 0 Å². The fourth-order valence-electron chi connectivity index (χ4n) is 1.12. The van der Waals surface area contributed by atoms with E-state index in [4.69, 9.17) is 5.11 Å². The van der Waals surface area contributed by atoms with E-state index in [0.717, 1.165) is 0 Å². The van der Waals surface area contributed by atoms with Gasteiger partial charge in [0.25, 0.3) is 0 Å². The Labute approximate surface area is 96.6 Å². The van der Waals surface area contributed by atoms with Crippen molar-refractivity contribution < 1.29 is 27.9 Å². The number of rotatable bonds is 5. The number of nitrogens with zero attached hydrogens (tertiary/aromatic N) is 1. The van der Waals surface area contributed by atoms with Crippen LogP contribution in [0.25, 0.3) is 0 Å². The van der Waals surface area contributed by atoms with E-state index < -0.39 is 30.8 Å². The Kier molecular flexibility index (Phi) is 5.77. The first-order valence-corrected chi connectivity index (χ1v) is 5.06. The average molecular weight is 256 g/mol. The molecule has 2 N–H and O–H groups in total.